The van der Waals surface area contributed by atoms with Gasteiger partial charge < -0.3 is 16.0 Å². The summed E-state index contributed by atoms with van der Waals surface area (Å²) < 4.78 is 1.76. The number of nitrogens with one attached hydrogen (secondary N) is 2. The molecule has 5 aromatic rings. The minimum atomic E-state index is -0.121. The minimum absolute atomic E-state index is 0.102. The molecule has 1 atom stereocenters. The van der Waals surface area contributed by atoms with Gasteiger partial charge in [0, 0.05) is 22.7 Å². The van der Waals surface area contributed by atoms with E-state index in [9.17, 15) is 4.79 Å². The van der Waals surface area contributed by atoms with Crippen LogP contribution >= 0.6 is 0 Å². The number of carbonyl (C=O) groups excluding carboxylic acids is 1. The van der Waals surface area contributed by atoms with E-state index in [-0.39, 0.29) is 11.9 Å². The molecule has 0 spiro atoms. The van der Waals surface area contributed by atoms with Gasteiger partial charge in [-0.1, -0.05) is 35.9 Å². The molecule has 154 valence electrons. The lowest BCUT2D eigenvalue weighted by Crippen LogP contribution is -2.26. The highest BCUT2D eigenvalue weighted by Crippen LogP contribution is 2.28. The first-order valence-corrected chi connectivity index (χ1v) is 10.1. The third-order valence-electron chi connectivity index (χ3n) is 5.59. The van der Waals surface area contributed by atoms with Crippen molar-refractivity contribution in [3.8, 4) is 11.3 Å². The fourth-order valence-electron chi connectivity index (χ4n) is 3.94. The Labute approximate surface area is 178 Å². The number of hydrogen-bond acceptors (Lipinski definition) is 4. The lowest BCUT2D eigenvalue weighted by molar-refractivity contribution is 0.0941. The molecule has 2 aromatic carbocycles. The Balaban J connectivity index is 1.50. The Morgan fingerprint density at radius 2 is 2.03 bits per heavy atom. The average molecular weight is 410 g/mol. The Hall–Kier alpha value is -4.13. The van der Waals surface area contributed by atoms with E-state index in [0.29, 0.717) is 11.4 Å². The van der Waals surface area contributed by atoms with Gasteiger partial charge in [-0.3, -0.25) is 4.79 Å². The van der Waals surface area contributed by atoms with Crippen LogP contribution in [-0.4, -0.2) is 25.5 Å². The quantitative estimate of drug-likeness (QED) is 0.412. The summed E-state index contributed by atoms with van der Waals surface area (Å²) in [6.45, 7) is 4.03. The Morgan fingerprint density at radius 3 is 2.87 bits per heavy atom. The Bertz CT molecular complexity index is 1430. The normalized spacial score (nSPS) is 12.3. The second kappa shape index (κ2) is 7.28. The third kappa shape index (κ3) is 3.30. The van der Waals surface area contributed by atoms with Crippen LogP contribution in [0.3, 0.4) is 0 Å². The zero-order valence-electron chi connectivity index (χ0n) is 17.3. The molecule has 7 heteroatoms. The van der Waals surface area contributed by atoms with Gasteiger partial charge in [0.1, 0.15) is 11.8 Å². The van der Waals surface area contributed by atoms with Crippen LogP contribution in [0, 0.1) is 6.92 Å². The second-order valence-corrected chi connectivity index (χ2v) is 7.73. The molecule has 5 rings (SSSR count). The Morgan fingerprint density at radius 1 is 1.16 bits per heavy atom. The van der Waals surface area contributed by atoms with Gasteiger partial charge in [-0.2, -0.15) is 5.10 Å². The molecular formula is C24H22N6O. The molecule has 0 aliphatic rings. The van der Waals surface area contributed by atoms with Crippen molar-refractivity contribution in [3.63, 3.8) is 0 Å². The number of nitrogens with two attached hydrogens (primary N) is 1. The summed E-state index contributed by atoms with van der Waals surface area (Å²) in [5.74, 6) is 0.304. The van der Waals surface area contributed by atoms with Crippen molar-refractivity contribution in [1.29, 1.82) is 0 Å². The van der Waals surface area contributed by atoms with Crippen molar-refractivity contribution >= 4 is 28.1 Å². The van der Waals surface area contributed by atoms with E-state index < -0.39 is 0 Å². The standard InChI is InChI=1S/C24H22N6O/c1-14-4-3-5-16(10-14)15(2)29-24(31)19-12-26-20-7-6-17(11-18(19)20)21-8-9-22-23(25)27-13-28-30(21)22/h3-13,15,26H,1-2H3,(H,29,31)(H2,25,27,28)/t15-/m0/s1. The van der Waals surface area contributed by atoms with Gasteiger partial charge in [0.2, 0.25) is 0 Å². The smallest absolute Gasteiger partial charge is 0.253 e. The molecule has 4 N–H and O–H groups in total. The van der Waals surface area contributed by atoms with Crippen LogP contribution in [0.4, 0.5) is 5.82 Å². The first-order valence-electron chi connectivity index (χ1n) is 10.1. The van der Waals surface area contributed by atoms with Crippen LogP contribution in [0.2, 0.25) is 0 Å². The molecule has 3 aromatic heterocycles. The Kier molecular flexibility index (Phi) is 4.43. The van der Waals surface area contributed by atoms with Gasteiger partial charge in [-0.05, 0) is 43.7 Å². The maximum atomic E-state index is 13.1. The lowest BCUT2D eigenvalue weighted by Gasteiger charge is -2.14. The number of aromatic nitrogens is 4. The molecule has 3 heterocycles. The third-order valence-corrected chi connectivity index (χ3v) is 5.59. The highest BCUT2D eigenvalue weighted by molar-refractivity contribution is 6.07. The summed E-state index contributed by atoms with van der Waals surface area (Å²) in [5.41, 5.74) is 12.3. The summed E-state index contributed by atoms with van der Waals surface area (Å²) in [7, 11) is 0. The molecule has 31 heavy (non-hydrogen) atoms. The molecule has 0 saturated heterocycles. The molecule has 0 unspecified atom stereocenters. The highest BCUT2D eigenvalue weighted by atomic mass is 16.1. The van der Waals surface area contributed by atoms with Crippen LogP contribution in [0.1, 0.15) is 34.5 Å². The second-order valence-electron chi connectivity index (χ2n) is 7.73. The number of amides is 1. The van der Waals surface area contributed by atoms with Crippen LogP contribution in [0.15, 0.2) is 67.1 Å². The zero-order chi connectivity index (χ0) is 21.5. The SMILES string of the molecule is Cc1cccc([C@H](C)NC(=O)c2c[nH]c3ccc(-c4ccc5c(N)ncnn45)cc23)c1. The predicted octanol–water partition coefficient (Wildman–Crippen LogP) is 4.26. The number of anilines is 1. The molecule has 0 radical (unpaired) electrons. The number of carbonyl (C=O) groups is 1. The number of benzene rings is 2. The summed E-state index contributed by atoms with van der Waals surface area (Å²) in [5, 5.41) is 8.28. The van der Waals surface area contributed by atoms with Crippen molar-refractivity contribution in [3.05, 3.63) is 83.8 Å². The monoisotopic (exact) mass is 410 g/mol. The fourth-order valence-corrected chi connectivity index (χ4v) is 3.94. The van der Waals surface area contributed by atoms with E-state index in [1.165, 1.54) is 11.9 Å². The van der Waals surface area contributed by atoms with Crippen LogP contribution in [0.5, 0.6) is 0 Å². The average Bonchev–Trinajstić information content (AvgIpc) is 3.38. The minimum Gasteiger partial charge on any atom is -0.382 e. The van der Waals surface area contributed by atoms with Crippen molar-refractivity contribution < 1.29 is 4.79 Å². The van der Waals surface area contributed by atoms with Crippen molar-refractivity contribution in [1.82, 2.24) is 24.9 Å². The number of aryl methyl sites for hydroxylation is 1. The number of nitrogens with zero attached hydrogens (tertiary/aromatic N) is 3. The topological polar surface area (TPSA) is 101 Å². The maximum absolute atomic E-state index is 13.1. The highest BCUT2D eigenvalue weighted by Gasteiger charge is 2.17. The van der Waals surface area contributed by atoms with Gasteiger partial charge in [0.15, 0.2) is 5.82 Å². The summed E-state index contributed by atoms with van der Waals surface area (Å²) in [6.07, 6.45) is 3.19. The molecule has 0 aliphatic carbocycles. The molecular weight excluding hydrogens is 388 g/mol. The zero-order valence-corrected chi connectivity index (χ0v) is 17.3. The number of fused-ring (bicyclic) bond motifs is 2. The van der Waals surface area contributed by atoms with E-state index in [1.807, 2.05) is 62.4 Å². The van der Waals surface area contributed by atoms with E-state index in [1.54, 1.807) is 10.7 Å². The maximum Gasteiger partial charge on any atom is 0.253 e. The van der Waals surface area contributed by atoms with Crippen molar-refractivity contribution in [2.24, 2.45) is 0 Å². The van der Waals surface area contributed by atoms with E-state index in [0.717, 1.165) is 33.2 Å². The van der Waals surface area contributed by atoms with Gasteiger partial charge >= 0.3 is 0 Å². The molecule has 1 amide bonds. The molecule has 0 saturated carbocycles. The molecule has 0 aliphatic heterocycles. The molecule has 7 nitrogen and oxygen atoms in total. The molecule has 0 bridgehead atoms. The predicted molar refractivity (Wildman–Crippen MR) is 122 cm³/mol. The number of hydrogen-bond donors (Lipinski definition) is 3. The van der Waals surface area contributed by atoms with E-state index >= 15 is 0 Å². The first-order chi connectivity index (χ1) is 15.0. The lowest BCUT2D eigenvalue weighted by atomic mass is 10.0. The van der Waals surface area contributed by atoms with Crippen LogP contribution < -0.4 is 11.1 Å². The van der Waals surface area contributed by atoms with Gasteiger partial charge in [0.25, 0.3) is 5.91 Å². The van der Waals surface area contributed by atoms with Crippen molar-refractivity contribution in [2.45, 2.75) is 19.9 Å². The largest absolute Gasteiger partial charge is 0.382 e. The number of rotatable bonds is 4. The number of H-pyrrole nitrogens is 1. The summed E-state index contributed by atoms with van der Waals surface area (Å²) in [6, 6.07) is 17.9. The van der Waals surface area contributed by atoms with Crippen molar-refractivity contribution in [2.75, 3.05) is 5.73 Å². The van der Waals surface area contributed by atoms with Gasteiger partial charge in [-0.15, -0.1) is 0 Å². The summed E-state index contributed by atoms with van der Waals surface area (Å²) in [4.78, 5) is 20.3. The van der Waals surface area contributed by atoms with Gasteiger partial charge in [0.05, 0.1) is 17.3 Å². The summed E-state index contributed by atoms with van der Waals surface area (Å²) >= 11 is 0. The first kappa shape index (κ1) is 18.9. The van der Waals surface area contributed by atoms with E-state index in [4.69, 9.17) is 5.73 Å². The number of nitrogen functional groups attached to an aromatic ring is 1. The van der Waals surface area contributed by atoms with E-state index in [2.05, 4.69) is 26.4 Å². The molecule has 0 fully saturated rings. The fraction of sp³-hybridized carbons (Fsp3) is 0.125. The van der Waals surface area contributed by atoms with Crippen LogP contribution in [0.25, 0.3) is 27.7 Å². The van der Waals surface area contributed by atoms with Gasteiger partial charge in [-0.25, -0.2) is 9.50 Å². The van der Waals surface area contributed by atoms with Crippen LogP contribution in [-0.2, 0) is 0 Å². The number of aromatic amines is 1.